The van der Waals surface area contributed by atoms with Gasteiger partial charge in [0, 0.05) is 5.56 Å². The zero-order valence-corrected chi connectivity index (χ0v) is 10.8. The molecule has 0 aliphatic carbocycles. The molecule has 0 aliphatic heterocycles. The molecule has 0 saturated carbocycles. The monoisotopic (exact) mass is 289 g/mol. The second kappa shape index (κ2) is 6.04. The van der Waals surface area contributed by atoms with E-state index in [9.17, 15) is 19.1 Å². The standard InChI is InChI=1S/C15H12FNO4/c16-10-5-6-11(15(20)21)12(8-10)17-14(19)7-9-3-1-2-4-13(9)18/h1-6,8,18H,7H2,(H,17,19)(H,20,21). The third kappa shape index (κ3) is 3.56. The normalized spacial score (nSPS) is 10.1. The number of halogens is 1. The molecule has 0 atom stereocenters. The zero-order valence-electron chi connectivity index (χ0n) is 10.8. The van der Waals surface area contributed by atoms with Gasteiger partial charge in [0.25, 0.3) is 0 Å². The number of phenols is 1. The molecule has 108 valence electrons. The van der Waals surface area contributed by atoms with Crippen LogP contribution in [0.15, 0.2) is 42.5 Å². The van der Waals surface area contributed by atoms with Gasteiger partial charge in [-0.05, 0) is 24.3 Å². The van der Waals surface area contributed by atoms with Crippen molar-refractivity contribution < 1.29 is 24.2 Å². The van der Waals surface area contributed by atoms with Gasteiger partial charge in [-0.25, -0.2) is 9.18 Å². The van der Waals surface area contributed by atoms with E-state index in [4.69, 9.17) is 5.11 Å². The van der Waals surface area contributed by atoms with E-state index < -0.39 is 17.7 Å². The maximum Gasteiger partial charge on any atom is 0.337 e. The van der Waals surface area contributed by atoms with E-state index >= 15 is 0 Å². The van der Waals surface area contributed by atoms with Gasteiger partial charge in [-0.1, -0.05) is 18.2 Å². The van der Waals surface area contributed by atoms with E-state index in [1.807, 2.05) is 0 Å². The number of benzene rings is 2. The van der Waals surface area contributed by atoms with Crippen LogP contribution in [0.25, 0.3) is 0 Å². The average Bonchev–Trinajstić information content (AvgIpc) is 2.41. The summed E-state index contributed by atoms with van der Waals surface area (Å²) in [5.41, 5.74) is 0.0632. The summed E-state index contributed by atoms with van der Waals surface area (Å²) >= 11 is 0. The van der Waals surface area contributed by atoms with E-state index in [-0.39, 0.29) is 23.4 Å². The molecule has 0 fully saturated rings. The number of phenolic OH excluding ortho intramolecular Hbond substituents is 1. The van der Waals surface area contributed by atoms with Gasteiger partial charge in [0.05, 0.1) is 17.7 Å². The van der Waals surface area contributed by atoms with Crippen molar-refractivity contribution in [1.29, 1.82) is 0 Å². The Morgan fingerprint density at radius 1 is 1.14 bits per heavy atom. The van der Waals surface area contributed by atoms with Crippen LogP contribution in [0.3, 0.4) is 0 Å². The summed E-state index contributed by atoms with van der Waals surface area (Å²) in [4.78, 5) is 22.9. The van der Waals surface area contributed by atoms with Crippen molar-refractivity contribution in [2.45, 2.75) is 6.42 Å². The van der Waals surface area contributed by atoms with E-state index in [1.165, 1.54) is 6.07 Å². The third-order valence-corrected chi connectivity index (χ3v) is 2.83. The van der Waals surface area contributed by atoms with Crippen molar-refractivity contribution >= 4 is 17.6 Å². The number of carbonyl (C=O) groups excluding carboxylic acids is 1. The van der Waals surface area contributed by atoms with E-state index in [1.54, 1.807) is 18.2 Å². The smallest absolute Gasteiger partial charge is 0.337 e. The number of aromatic carboxylic acids is 1. The number of anilines is 1. The van der Waals surface area contributed by atoms with Crippen LogP contribution < -0.4 is 5.32 Å². The van der Waals surface area contributed by atoms with Gasteiger partial charge in [0.1, 0.15) is 11.6 Å². The molecule has 5 nitrogen and oxygen atoms in total. The number of carboxylic acids is 1. The Hall–Kier alpha value is -2.89. The SMILES string of the molecule is O=C(Cc1ccccc1O)Nc1cc(F)ccc1C(=O)O. The molecular formula is C15H12FNO4. The molecule has 0 aromatic heterocycles. The van der Waals surface area contributed by atoms with E-state index in [2.05, 4.69) is 5.32 Å². The first-order valence-corrected chi connectivity index (χ1v) is 6.07. The molecule has 21 heavy (non-hydrogen) atoms. The van der Waals surface area contributed by atoms with E-state index in [0.29, 0.717) is 5.56 Å². The first-order valence-electron chi connectivity index (χ1n) is 6.07. The fourth-order valence-electron chi connectivity index (χ4n) is 1.83. The second-order valence-electron chi connectivity index (χ2n) is 4.35. The Labute approximate surface area is 119 Å². The number of amides is 1. The molecule has 0 radical (unpaired) electrons. The minimum absolute atomic E-state index is 0.0367. The first-order chi connectivity index (χ1) is 9.97. The molecular weight excluding hydrogens is 277 g/mol. The van der Waals surface area contributed by atoms with Gasteiger partial charge < -0.3 is 15.5 Å². The highest BCUT2D eigenvalue weighted by Crippen LogP contribution is 2.20. The highest BCUT2D eigenvalue weighted by Gasteiger charge is 2.14. The number of nitrogens with one attached hydrogen (secondary N) is 1. The Kier molecular flexibility index (Phi) is 4.18. The summed E-state index contributed by atoms with van der Waals surface area (Å²) in [6.45, 7) is 0. The van der Waals surface area contributed by atoms with Crippen LogP contribution in [0.1, 0.15) is 15.9 Å². The van der Waals surface area contributed by atoms with Gasteiger partial charge in [-0.2, -0.15) is 0 Å². The molecule has 3 N–H and O–H groups in total. The number of hydrogen-bond acceptors (Lipinski definition) is 3. The number of hydrogen-bond donors (Lipinski definition) is 3. The maximum atomic E-state index is 13.2. The Bertz CT molecular complexity index is 700. The Morgan fingerprint density at radius 3 is 2.52 bits per heavy atom. The number of aromatic hydroxyl groups is 1. The summed E-state index contributed by atoms with van der Waals surface area (Å²) in [6.07, 6.45) is -0.151. The van der Waals surface area contributed by atoms with Crippen molar-refractivity contribution in [2.24, 2.45) is 0 Å². The van der Waals surface area contributed by atoms with Gasteiger partial charge in [0.2, 0.25) is 5.91 Å². The van der Waals surface area contributed by atoms with Gasteiger partial charge in [-0.3, -0.25) is 4.79 Å². The molecule has 0 bridgehead atoms. The van der Waals surface area contributed by atoms with Gasteiger partial charge >= 0.3 is 5.97 Å². The van der Waals surface area contributed by atoms with Crippen LogP contribution in [-0.4, -0.2) is 22.1 Å². The quantitative estimate of drug-likeness (QED) is 0.806. The molecule has 2 rings (SSSR count). The van der Waals surface area contributed by atoms with Gasteiger partial charge in [0.15, 0.2) is 0 Å². The minimum Gasteiger partial charge on any atom is -0.508 e. The Balaban J connectivity index is 2.18. The lowest BCUT2D eigenvalue weighted by atomic mass is 10.1. The van der Waals surface area contributed by atoms with Crippen LogP contribution in [0, 0.1) is 5.82 Å². The van der Waals surface area contributed by atoms with Crippen molar-refractivity contribution in [3.63, 3.8) is 0 Å². The van der Waals surface area contributed by atoms with Crippen LogP contribution in [0.2, 0.25) is 0 Å². The van der Waals surface area contributed by atoms with Crippen LogP contribution >= 0.6 is 0 Å². The molecule has 0 saturated heterocycles. The predicted molar refractivity (Wildman–Crippen MR) is 73.8 cm³/mol. The number of carboxylic acid groups (broad SMARTS) is 1. The topological polar surface area (TPSA) is 86.6 Å². The highest BCUT2D eigenvalue weighted by atomic mass is 19.1. The van der Waals surface area contributed by atoms with Crippen LogP contribution in [0.4, 0.5) is 10.1 Å². The summed E-state index contributed by atoms with van der Waals surface area (Å²) in [5, 5.41) is 20.9. The summed E-state index contributed by atoms with van der Waals surface area (Å²) in [5.74, 6) is -2.51. The average molecular weight is 289 g/mol. The fraction of sp³-hybridized carbons (Fsp3) is 0.0667. The van der Waals surface area contributed by atoms with Crippen molar-refractivity contribution in [3.8, 4) is 5.75 Å². The van der Waals surface area contributed by atoms with Crippen molar-refractivity contribution in [1.82, 2.24) is 0 Å². The maximum absolute atomic E-state index is 13.2. The molecule has 1 amide bonds. The first kappa shape index (κ1) is 14.5. The molecule has 0 heterocycles. The summed E-state index contributed by atoms with van der Waals surface area (Å²) in [7, 11) is 0. The van der Waals surface area contributed by atoms with Gasteiger partial charge in [-0.15, -0.1) is 0 Å². The largest absolute Gasteiger partial charge is 0.508 e. The molecule has 2 aromatic carbocycles. The van der Waals surface area contributed by atoms with Crippen molar-refractivity contribution in [2.75, 3.05) is 5.32 Å². The Morgan fingerprint density at radius 2 is 1.86 bits per heavy atom. The highest BCUT2D eigenvalue weighted by molar-refractivity contribution is 6.01. The third-order valence-electron chi connectivity index (χ3n) is 2.83. The van der Waals surface area contributed by atoms with Crippen LogP contribution in [0.5, 0.6) is 5.75 Å². The number of rotatable bonds is 4. The number of para-hydroxylation sites is 1. The fourth-order valence-corrected chi connectivity index (χ4v) is 1.83. The lowest BCUT2D eigenvalue weighted by Crippen LogP contribution is -2.17. The molecule has 0 aliphatic rings. The van der Waals surface area contributed by atoms with Crippen LogP contribution in [-0.2, 0) is 11.2 Å². The van der Waals surface area contributed by atoms with E-state index in [0.717, 1.165) is 18.2 Å². The molecule has 0 spiro atoms. The lowest BCUT2D eigenvalue weighted by molar-refractivity contribution is -0.115. The summed E-state index contributed by atoms with van der Waals surface area (Å²) < 4.78 is 13.2. The lowest BCUT2D eigenvalue weighted by Gasteiger charge is -2.09. The molecule has 0 unspecified atom stereocenters. The zero-order chi connectivity index (χ0) is 15.4. The van der Waals surface area contributed by atoms with Crippen molar-refractivity contribution in [3.05, 3.63) is 59.4 Å². The number of carbonyl (C=O) groups is 2. The summed E-state index contributed by atoms with van der Waals surface area (Å²) in [6, 6.07) is 9.30. The minimum atomic E-state index is -1.27. The predicted octanol–water partition coefficient (Wildman–Crippen LogP) is 2.41. The second-order valence-corrected chi connectivity index (χ2v) is 4.35. The molecule has 2 aromatic rings. The molecule has 6 heteroatoms.